The molecule has 1 heterocycles. The number of nitrogens with one attached hydrogen (secondary N) is 1. The van der Waals surface area contributed by atoms with Gasteiger partial charge in [-0.25, -0.2) is 4.99 Å². The summed E-state index contributed by atoms with van der Waals surface area (Å²) in [4.78, 5) is 4.18. The molecule has 2 aromatic rings. The molecule has 0 spiro atoms. The first-order valence-corrected chi connectivity index (χ1v) is 6.61. The van der Waals surface area contributed by atoms with Crippen LogP contribution in [0.3, 0.4) is 0 Å². The minimum atomic E-state index is 0.573. The summed E-state index contributed by atoms with van der Waals surface area (Å²) < 4.78 is 11.0. The number of nitrogens with zero attached hydrogens (tertiary/aromatic N) is 1. The fourth-order valence-corrected chi connectivity index (χ4v) is 1.91. The van der Waals surface area contributed by atoms with E-state index in [2.05, 4.69) is 10.3 Å². The maximum absolute atomic E-state index is 5.73. The van der Waals surface area contributed by atoms with E-state index in [4.69, 9.17) is 9.47 Å². The lowest BCUT2D eigenvalue weighted by molar-refractivity contribution is 0.306. The van der Waals surface area contributed by atoms with Crippen molar-refractivity contribution in [2.75, 3.05) is 18.5 Å². The molecule has 0 amide bonds. The van der Waals surface area contributed by atoms with Gasteiger partial charge < -0.3 is 14.8 Å². The number of benzene rings is 2. The molecule has 1 aliphatic rings. The first-order valence-electron chi connectivity index (χ1n) is 6.61. The van der Waals surface area contributed by atoms with Gasteiger partial charge in [0.2, 0.25) is 0 Å². The van der Waals surface area contributed by atoms with Gasteiger partial charge in [0.15, 0.2) is 0 Å². The fraction of sp³-hybridized carbons (Fsp3) is 0.188. The Kier molecular flexibility index (Phi) is 3.83. The molecular formula is C16H16N2O2. The maximum Gasteiger partial charge on any atom is 0.289 e. The normalized spacial score (nSPS) is 13.5. The predicted octanol–water partition coefficient (Wildman–Crippen LogP) is 3.06. The second kappa shape index (κ2) is 6.10. The molecule has 0 atom stereocenters. The molecule has 4 nitrogen and oxygen atoms in total. The van der Waals surface area contributed by atoms with Crippen LogP contribution >= 0.6 is 0 Å². The molecule has 4 heteroatoms. The van der Waals surface area contributed by atoms with Crippen LogP contribution in [0.2, 0.25) is 0 Å². The summed E-state index contributed by atoms with van der Waals surface area (Å²) in [5, 5.41) is 3.11. The van der Waals surface area contributed by atoms with E-state index in [1.807, 2.05) is 54.6 Å². The maximum atomic E-state index is 5.73. The number of ether oxygens (including phenoxy) is 2. The zero-order valence-electron chi connectivity index (χ0n) is 11.1. The monoisotopic (exact) mass is 268 g/mol. The Hall–Kier alpha value is -2.49. The first kappa shape index (κ1) is 12.5. The predicted molar refractivity (Wildman–Crippen MR) is 79.1 cm³/mol. The molecular weight excluding hydrogens is 252 g/mol. The molecule has 102 valence electrons. The van der Waals surface area contributed by atoms with E-state index in [0.29, 0.717) is 19.2 Å². The lowest BCUT2D eigenvalue weighted by atomic mass is 10.2. The van der Waals surface area contributed by atoms with Crippen LogP contribution in [0.4, 0.5) is 5.69 Å². The molecule has 0 saturated heterocycles. The van der Waals surface area contributed by atoms with E-state index in [1.54, 1.807) is 0 Å². The van der Waals surface area contributed by atoms with Gasteiger partial charge in [-0.05, 0) is 29.8 Å². The van der Waals surface area contributed by atoms with E-state index in [1.165, 1.54) is 0 Å². The molecule has 20 heavy (non-hydrogen) atoms. The standard InChI is InChI=1S/C16H16N2O2/c1-2-4-13(5-3-1)12-20-15-8-6-14(7-9-15)18-16-17-10-11-19-16/h1-9H,10-12H2,(H,17,18). The highest BCUT2D eigenvalue weighted by atomic mass is 16.5. The van der Waals surface area contributed by atoms with E-state index < -0.39 is 0 Å². The van der Waals surface area contributed by atoms with Crippen molar-refractivity contribution < 1.29 is 9.47 Å². The van der Waals surface area contributed by atoms with Crippen molar-refractivity contribution in [3.8, 4) is 5.75 Å². The van der Waals surface area contributed by atoms with Gasteiger partial charge in [0, 0.05) is 5.69 Å². The number of aliphatic imine (C=N–C) groups is 1. The van der Waals surface area contributed by atoms with E-state index in [9.17, 15) is 0 Å². The Labute approximate surface area is 118 Å². The first-order chi connectivity index (χ1) is 9.90. The molecule has 0 fully saturated rings. The average Bonchev–Trinajstić information content (AvgIpc) is 3.01. The van der Waals surface area contributed by atoms with Crippen LogP contribution < -0.4 is 10.1 Å². The van der Waals surface area contributed by atoms with E-state index >= 15 is 0 Å². The Bertz CT molecular complexity index is 579. The van der Waals surface area contributed by atoms with Gasteiger partial charge in [0.1, 0.15) is 19.0 Å². The Morgan fingerprint density at radius 2 is 1.85 bits per heavy atom. The molecule has 1 aliphatic heterocycles. The van der Waals surface area contributed by atoms with Crippen molar-refractivity contribution in [3.05, 3.63) is 60.2 Å². The third-order valence-electron chi connectivity index (χ3n) is 2.94. The number of hydrogen-bond donors (Lipinski definition) is 1. The van der Waals surface area contributed by atoms with E-state index in [0.717, 1.165) is 23.5 Å². The quantitative estimate of drug-likeness (QED) is 0.926. The summed E-state index contributed by atoms with van der Waals surface area (Å²) in [6.07, 6.45) is 0. The van der Waals surface area contributed by atoms with Crippen LogP contribution in [0.15, 0.2) is 59.6 Å². The number of hydrogen-bond acceptors (Lipinski definition) is 4. The second-order valence-electron chi connectivity index (χ2n) is 4.46. The summed E-state index contributed by atoms with van der Waals surface area (Å²) in [7, 11) is 0. The lowest BCUT2D eigenvalue weighted by Crippen LogP contribution is -2.11. The van der Waals surface area contributed by atoms with Crippen LogP contribution in [-0.2, 0) is 11.3 Å². The average molecular weight is 268 g/mol. The summed E-state index contributed by atoms with van der Waals surface area (Å²) in [5.74, 6) is 0.841. The largest absolute Gasteiger partial charge is 0.489 e. The van der Waals surface area contributed by atoms with Crippen LogP contribution in [0.1, 0.15) is 5.56 Å². The highest BCUT2D eigenvalue weighted by Gasteiger charge is 2.06. The van der Waals surface area contributed by atoms with Gasteiger partial charge in [0.25, 0.3) is 6.02 Å². The number of anilines is 1. The molecule has 3 rings (SSSR count). The highest BCUT2D eigenvalue weighted by Crippen LogP contribution is 2.17. The van der Waals surface area contributed by atoms with Crippen molar-refractivity contribution in [2.24, 2.45) is 4.99 Å². The molecule has 0 bridgehead atoms. The molecule has 0 aliphatic carbocycles. The molecule has 2 aromatic carbocycles. The molecule has 1 N–H and O–H groups in total. The SMILES string of the molecule is c1ccc(COc2ccc(NC3=NCCO3)cc2)cc1. The topological polar surface area (TPSA) is 42.8 Å². The Morgan fingerprint density at radius 3 is 2.55 bits per heavy atom. The van der Waals surface area contributed by atoms with Crippen molar-refractivity contribution in [2.45, 2.75) is 6.61 Å². The zero-order chi connectivity index (χ0) is 13.6. The number of rotatable bonds is 4. The van der Waals surface area contributed by atoms with Gasteiger partial charge in [-0.2, -0.15) is 0 Å². The minimum absolute atomic E-state index is 0.573. The third-order valence-corrected chi connectivity index (χ3v) is 2.94. The highest BCUT2D eigenvalue weighted by molar-refractivity contribution is 5.89. The van der Waals surface area contributed by atoms with Gasteiger partial charge in [0.05, 0.1) is 6.54 Å². The van der Waals surface area contributed by atoms with Crippen molar-refractivity contribution >= 4 is 11.7 Å². The fourth-order valence-electron chi connectivity index (χ4n) is 1.91. The summed E-state index contributed by atoms with van der Waals surface area (Å²) in [5.41, 5.74) is 2.10. The Balaban J connectivity index is 1.56. The van der Waals surface area contributed by atoms with Gasteiger partial charge >= 0.3 is 0 Å². The van der Waals surface area contributed by atoms with Crippen LogP contribution in [0, 0.1) is 0 Å². The van der Waals surface area contributed by atoms with Gasteiger partial charge in [-0.15, -0.1) is 0 Å². The summed E-state index contributed by atoms with van der Waals surface area (Å²) in [6, 6.07) is 18.5. The molecule has 0 radical (unpaired) electrons. The van der Waals surface area contributed by atoms with Gasteiger partial charge in [-0.1, -0.05) is 30.3 Å². The minimum Gasteiger partial charge on any atom is -0.489 e. The van der Waals surface area contributed by atoms with Crippen LogP contribution in [0.5, 0.6) is 5.75 Å². The second-order valence-corrected chi connectivity index (χ2v) is 4.46. The lowest BCUT2D eigenvalue weighted by Gasteiger charge is -2.08. The number of amidine groups is 1. The van der Waals surface area contributed by atoms with Gasteiger partial charge in [-0.3, -0.25) is 0 Å². The van der Waals surface area contributed by atoms with Crippen molar-refractivity contribution in [1.29, 1.82) is 0 Å². The molecule has 0 aromatic heterocycles. The van der Waals surface area contributed by atoms with E-state index in [-0.39, 0.29) is 0 Å². The molecule has 0 saturated carbocycles. The summed E-state index contributed by atoms with van der Waals surface area (Å²) in [6.45, 7) is 1.95. The Morgan fingerprint density at radius 1 is 1.05 bits per heavy atom. The zero-order valence-corrected chi connectivity index (χ0v) is 11.1. The molecule has 0 unspecified atom stereocenters. The van der Waals surface area contributed by atoms with Crippen molar-refractivity contribution in [1.82, 2.24) is 0 Å². The van der Waals surface area contributed by atoms with Crippen LogP contribution in [-0.4, -0.2) is 19.2 Å². The summed E-state index contributed by atoms with van der Waals surface area (Å²) >= 11 is 0. The smallest absolute Gasteiger partial charge is 0.289 e. The van der Waals surface area contributed by atoms with Crippen LogP contribution in [0.25, 0.3) is 0 Å². The van der Waals surface area contributed by atoms with Crippen molar-refractivity contribution in [3.63, 3.8) is 0 Å². The third kappa shape index (κ3) is 3.29.